The first-order valence-corrected chi connectivity index (χ1v) is 7.72. The maximum absolute atomic E-state index is 6.22. The van der Waals surface area contributed by atoms with E-state index in [2.05, 4.69) is 36.2 Å². The van der Waals surface area contributed by atoms with E-state index in [-0.39, 0.29) is 0 Å². The van der Waals surface area contributed by atoms with Gasteiger partial charge in [-0.15, -0.1) is 0 Å². The van der Waals surface area contributed by atoms with E-state index in [0.29, 0.717) is 6.04 Å². The third-order valence-corrected chi connectivity index (χ3v) is 4.12. The fourth-order valence-electron chi connectivity index (χ4n) is 2.57. The van der Waals surface area contributed by atoms with Crippen molar-refractivity contribution in [3.05, 3.63) is 34.9 Å². The number of halogens is 1. The Kier molecular flexibility index (Phi) is 5.68. The van der Waals surface area contributed by atoms with Crippen LogP contribution >= 0.6 is 11.6 Å². The van der Waals surface area contributed by atoms with Gasteiger partial charge in [-0.1, -0.05) is 43.6 Å². The summed E-state index contributed by atoms with van der Waals surface area (Å²) in [5, 5.41) is 4.56. The van der Waals surface area contributed by atoms with Crippen LogP contribution in [0, 0.1) is 5.92 Å². The Morgan fingerprint density at radius 3 is 2.58 bits per heavy atom. The average molecular weight is 281 g/mol. The summed E-state index contributed by atoms with van der Waals surface area (Å²) >= 11 is 6.22. The molecule has 0 spiro atoms. The van der Waals surface area contributed by atoms with Crippen LogP contribution in [0.3, 0.4) is 0 Å². The molecule has 19 heavy (non-hydrogen) atoms. The van der Waals surface area contributed by atoms with Gasteiger partial charge in [0.05, 0.1) is 0 Å². The first-order chi connectivity index (χ1) is 9.15. The van der Waals surface area contributed by atoms with Crippen molar-refractivity contribution in [1.82, 2.24) is 10.2 Å². The van der Waals surface area contributed by atoms with Crippen LogP contribution in [-0.4, -0.2) is 30.6 Å². The fraction of sp³-hybridized carbons (Fsp3) is 0.625. The number of piperidine rings is 1. The number of nitrogens with one attached hydrogen (secondary N) is 1. The van der Waals surface area contributed by atoms with E-state index in [1.807, 2.05) is 12.1 Å². The normalized spacial score (nSPS) is 18.1. The third-order valence-electron chi connectivity index (χ3n) is 3.75. The number of hydrogen-bond donors (Lipinski definition) is 1. The second-order valence-electron chi connectivity index (χ2n) is 5.94. The predicted octanol–water partition coefficient (Wildman–Crippen LogP) is 3.55. The molecule has 0 atom stereocenters. The molecule has 2 rings (SSSR count). The molecule has 0 amide bonds. The molecule has 0 radical (unpaired) electrons. The molecule has 0 unspecified atom stereocenters. The van der Waals surface area contributed by atoms with Gasteiger partial charge >= 0.3 is 0 Å². The molecule has 1 aromatic carbocycles. The van der Waals surface area contributed by atoms with Gasteiger partial charge in [0.2, 0.25) is 0 Å². The van der Waals surface area contributed by atoms with Gasteiger partial charge in [-0.2, -0.15) is 0 Å². The Morgan fingerprint density at radius 2 is 1.95 bits per heavy atom. The van der Waals surface area contributed by atoms with Gasteiger partial charge in [0.25, 0.3) is 0 Å². The number of rotatable bonds is 5. The van der Waals surface area contributed by atoms with Crippen LogP contribution in [0.1, 0.15) is 32.3 Å². The molecule has 3 heteroatoms. The molecule has 1 heterocycles. The highest BCUT2D eigenvalue weighted by Gasteiger charge is 2.19. The molecule has 1 aliphatic rings. The smallest absolute Gasteiger partial charge is 0.0451 e. The predicted molar refractivity (Wildman–Crippen MR) is 82.6 cm³/mol. The molecule has 1 fully saturated rings. The summed E-state index contributed by atoms with van der Waals surface area (Å²) in [4.78, 5) is 2.51. The van der Waals surface area contributed by atoms with E-state index in [4.69, 9.17) is 11.6 Å². The Balaban J connectivity index is 1.76. The van der Waals surface area contributed by atoms with Crippen molar-refractivity contribution in [1.29, 1.82) is 0 Å². The fourth-order valence-corrected chi connectivity index (χ4v) is 2.76. The standard InChI is InChI=1S/C16H25ClN2/c1-13(2)11-18-15-7-9-19(10-8-15)12-14-5-3-4-6-16(14)17/h3-6,13,15,18H,7-12H2,1-2H3. The van der Waals surface area contributed by atoms with Gasteiger partial charge in [0.1, 0.15) is 0 Å². The molecule has 1 aliphatic heterocycles. The topological polar surface area (TPSA) is 15.3 Å². The maximum Gasteiger partial charge on any atom is 0.0451 e. The molecule has 0 aromatic heterocycles. The molecular formula is C16H25ClN2. The van der Waals surface area contributed by atoms with Crippen LogP contribution in [-0.2, 0) is 6.54 Å². The summed E-state index contributed by atoms with van der Waals surface area (Å²) in [6, 6.07) is 8.87. The second-order valence-corrected chi connectivity index (χ2v) is 6.35. The molecule has 0 aliphatic carbocycles. The quantitative estimate of drug-likeness (QED) is 0.887. The first-order valence-electron chi connectivity index (χ1n) is 7.34. The Bertz CT molecular complexity index is 384. The lowest BCUT2D eigenvalue weighted by Gasteiger charge is -2.33. The monoisotopic (exact) mass is 280 g/mol. The summed E-state index contributed by atoms with van der Waals surface area (Å²) in [6.07, 6.45) is 2.49. The molecule has 2 nitrogen and oxygen atoms in total. The molecular weight excluding hydrogens is 256 g/mol. The minimum absolute atomic E-state index is 0.699. The van der Waals surface area contributed by atoms with Crippen molar-refractivity contribution in [2.24, 2.45) is 5.92 Å². The van der Waals surface area contributed by atoms with Crippen molar-refractivity contribution >= 4 is 11.6 Å². The summed E-state index contributed by atoms with van der Waals surface area (Å²) < 4.78 is 0. The van der Waals surface area contributed by atoms with Crippen LogP contribution in [0.4, 0.5) is 0 Å². The van der Waals surface area contributed by atoms with Crippen molar-refractivity contribution in [3.8, 4) is 0 Å². The average Bonchev–Trinajstić information content (AvgIpc) is 2.40. The minimum Gasteiger partial charge on any atom is -0.314 e. The van der Waals surface area contributed by atoms with E-state index < -0.39 is 0 Å². The van der Waals surface area contributed by atoms with Gasteiger partial charge in [-0.3, -0.25) is 4.90 Å². The Labute approximate surface area is 122 Å². The molecule has 1 saturated heterocycles. The van der Waals surface area contributed by atoms with Crippen LogP contribution in [0.5, 0.6) is 0 Å². The van der Waals surface area contributed by atoms with Crippen molar-refractivity contribution in [2.75, 3.05) is 19.6 Å². The number of benzene rings is 1. The molecule has 1 N–H and O–H groups in total. The van der Waals surface area contributed by atoms with Crippen molar-refractivity contribution < 1.29 is 0 Å². The maximum atomic E-state index is 6.22. The van der Waals surface area contributed by atoms with Gasteiger partial charge in [-0.25, -0.2) is 0 Å². The number of nitrogens with zero attached hydrogens (tertiary/aromatic N) is 1. The van der Waals surface area contributed by atoms with Crippen LogP contribution in [0.15, 0.2) is 24.3 Å². The van der Waals surface area contributed by atoms with Crippen LogP contribution in [0.25, 0.3) is 0 Å². The highest BCUT2D eigenvalue weighted by Crippen LogP contribution is 2.19. The lowest BCUT2D eigenvalue weighted by atomic mass is 10.0. The SMILES string of the molecule is CC(C)CNC1CCN(Cc2ccccc2Cl)CC1. The van der Waals surface area contributed by atoms with E-state index in [9.17, 15) is 0 Å². The van der Waals surface area contributed by atoms with Crippen molar-refractivity contribution in [3.63, 3.8) is 0 Å². The zero-order valence-corrected chi connectivity index (χ0v) is 12.8. The Morgan fingerprint density at radius 1 is 1.26 bits per heavy atom. The lowest BCUT2D eigenvalue weighted by molar-refractivity contribution is 0.189. The van der Waals surface area contributed by atoms with Crippen molar-refractivity contribution in [2.45, 2.75) is 39.3 Å². The Hall–Kier alpha value is -0.570. The highest BCUT2D eigenvalue weighted by molar-refractivity contribution is 6.31. The number of likely N-dealkylation sites (tertiary alicyclic amines) is 1. The van der Waals surface area contributed by atoms with Crippen LogP contribution in [0.2, 0.25) is 5.02 Å². The molecule has 1 aromatic rings. The molecule has 0 saturated carbocycles. The lowest BCUT2D eigenvalue weighted by Crippen LogP contribution is -2.43. The highest BCUT2D eigenvalue weighted by atomic mass is 35.5. The molecule has 106 valence electrons. The molecule has 0 bridgehead atoms. The van der Waals surface area contributed by atoms with E-state index in [1.165, 1.54) is 31.5 Å². The third kappa shape index (κ3) is 4.79. The second kappa shape index (κ2) is 7.28. The van der Waals surface area contributed by atoms with E-state index >= 15 is 0 Å². The number of hydrogen-bond acceptors (Lipinski definition) is 2. The van der Waals surface area contributed by atoms with Gasteiger partial charge in [0.15, 0.2) is 0 Å². The van der Waals surface area contributed by atoms with E-state index in [0.717, 1.165) is 24.0 Å². The summed E-state index contributed by atoms with van der Waals surface area (Å²) in [5.74, 6) is 0.737. The van der Waals surface area contributed by atoms with Gasteiger partial charge < -0.3 is 5.32 Å². The van der Waals surface area contributed by atoms with Crippen LogP contribution < -0.4 is 5.32 Å². The van der Waals surface area contributed by atoms with E-state index in [1.54, 1.807) is 0 Å². The summed E-state index contributed by atoms with van der Waals surface area (Å²) in [5.41, 5.74) is 1.25. The first kappa shape index (κ1) is 14.8. The van der Waals surface area contributed by atoms with Gasteiger partial charge in [0, 0.05) is 17.6 Å². The van der Waals surface area contributed by atoms with Gasteiger partial charge in [-0.05, 0) is 50.0 Å². The summed E-state index contributed by atoms with van der Waals surface area (Å²) in [7, 11) is 0. The summed E-state index contributed by atoms with van der Waals surface area (Å²) in [6.45, 7) is 8.98. The minimum atomic E-state index is 0.699. The zero-order chi connectivity index (χ0) is 13.7. The largest absolute Gasteiger partial charge is 0.314 e. The zero-order valence-electron chi connectivity index (χ0n) is 12.0.